The number of rotatable bonds is 1. The monoisotopic (exact) mass is 327 g/mol. The van der Waals surface area contributed by atoms with Gasteiger partial charge < -0.3 is 22.1 Å². The van der Waals surface area contributed by atoms with Gasteiger partial charge in [-0.05, 0) is 37.8 Å². The molecule has 0 atom stereocenters. The lowest BCUT2D eigenvalue weighted by molar-refractivity contribution is 0.251. The van der Waals surface area contributed by atoms with Crippen LogP contribution in [0.4, 0.5) is 16.2 Å². The number of nitrogens with zero attached hydrogens (tertiary/aromatic N) is 3. The quantitative estimate of drug-likeness (QED) is 0.623. The van der Waals surface area contributed by atoms with Crippen molar-refractivity contribution in [2.75, 3.05) is 10.2 Å². The summed E-state index contributed by atoms with van der Waals surface area (Å²) >= 11 is 0. The molecule has 1 fully saturated rings. The lowest BCUT2D eigenvalue weighted by Crippen LogP contribution is -2.58. The van der Waals surface area contributed by atoms with Crippen LogP contribution in [0.15, 0.2) is 28.2 Å². The molecule has 0 aromatic heterocycles. The van der Waals surface area contributed by atoms with Crippen molar-refractivity contribution < 1.29 is 4.79 Å². The van der Waals surface area contributed by atoms with Crippen LogP contribution in [0, 0.1) is 0 Å². The predicted octanol–water partition coefficient (Wildman–Crippen LogP) is 1.43. The van der Waals surface area contributed by atoms with Crippen molar-refractivity contribution in [3.8, 4) is 0 Å². The number of guanidine groups is 2. The minimum Gasteiger partial charge on any atom is -0.369 e. The maximum atomic E-state index is 11.6. The number of nitrogens with one attached hydrogen (secondary N) is 2. The molecule has 6 N–H and O–H groups in total. The van der Waals surface area contributed by atoms with E-state index in [1.165, 1.54) is 6.42 Å². The minimum atomic E-state index is -0.481. The Morgan fingerprint density at radius 3 is 2.75 bits per heavy atom. The van der Waals surface area contributed by atoms with Gasteiger partial charge in [-0.25, -0.2) is 9.79 Å². The number of amides is 2. The molecule has 0 saturated heterocycles. The molecular formula is C16H21N7O. The summed E-state index contributed by atoms with van der Waals surface area (Å²) in [7, 11) is 0. The number of aliphatic imine (C=N–C) groups is 2. The number of fused-ring (bicyclic) bond motifs is 1. The number of anilines is 2. The van der Waals surface area contributed by atoms with Crippen molar-refractivity contribution >= 4 is 29.3 Å². The zero-order valence-corrected chi connectivity index (χ0v) is 13.4. The van der Waals surface area contributed by atoms with Crippen LogP contribution in [0.5, 0.6) is 0 Å². The smallest absolute Gasteiger partial charge is 0.319 e. The van der Waals surface area contributed by atoms with E-state index in [4.69, 9.17) is 16.5 Å². The van der Waals surface area contributed by atoms with Crippen LogP contribution in [0.2, 0.25) is 0 Å². The molecule has 1 aliphatic carbocycles. The molecule has 4 rings (SSSR count). The average molecular weight is 327 g/mol. The van der Waals surface area contributed by atoms with E-state index in [9.17, 15) is 4.79 Å². The van der Waals surface area contributed by atoms with E-state index in [0.29, 0.717) is 12.5 Å². The summed E-state index contributed by atoms with van der Waals surface area (Å²) < 4.78 is 0. The number of nitrogens with two attached hydrogens (primary N) is 2. The van der Waals surface area contributed by atoms with E-state index < -0.39 is 5.66 Å². The van der Waals surface area contributed by atoms with Crippen molar-refractivity contribution in [1.82, 2.24) is 5.32 Å². The van der Waals surface area contributed by atoms with E-state index in [1.807, 2.05) is 23.1 Å². The lowest BCUT2D eigenvalue weighted by atomic mass is 9.86. The largest absolute Gasteiger partial charge is 0.369 e. The second kappa shape index (κ2) is 5.40. The van der Waals surface area contributed by atoms with Gasteiger partial charge in [-0.1, -0.05) is 12.5 Å². The van der Waals surface area contributed by atoms with Crippen LogP contribution in [0.25, 0.3) is 0 Å². The highest BCUT2D eigenvalue weighted by Gasteiger charge is 2.43. The highest BCUT2D eigenvalue weighted by atomic mass is 16.2. The molecule has 3 aliphatic rings. The molecule has 1 spiro atoms. The summed E-state index contributed by atoms with van der Waals surface area (Å²) in [6, 6.07) is 5.59. The fraction of sp³-hybridized carbons (Fsp3) is 0.438. The Balaban J connectivity index is 1.84. The predicted molar refractivity (Wildman–Crippen MR) is 93.8 cm³/mol. The van der Waals surface area contributed by atoms with Crippen LogP contribution in [-0.4, -0.2) is 23.6 Å². The summed E-state index contributed by atoms with van der Waals surface area (Å²) in [5.74, 6) is 0.594. The SMILES string of the molecule is NC1=NC2(CCCCC2)N(c2cccc3c2CNC(=O)N3)C(N)=N1. The van der Waals surface area contributed by atoms with Crippen LogP contribution in [-0.2, 0) is 6.54 Å². The Hall–Kier alpha value is -2.77. The van der Waals surface area contributed by atoms with Crippen LogP contribution in [0.3, 0.4) is 0 Å². The van der Waals surface area contributed by atoms with Crippen LogP contribution < -0.4 is 27.0 Å². The highest BCUT2D eigenvalue weighted by Crippen LogP contribution is 2.42. The molecule has 2 aliphatic heterocycles. The van der Waals surface area contributed by atoms with E-state index in [-0.39, 0.29) is 12.0 Å². The molecule has 0 unspecified atom stereocenters. The molecule has 1 aromatic carbocycles. The van der Waals surface area contributed by atoms with Gasteiger partial charge in [-0.2, -0.15) is 4.99 Å². The molecule has 2 amide bonds. The topological polar surface area (TPSA) is 121 Å². The van der Waals surface area contributed by atoms with Gasteiger partial charge in [-0.15, -0.1) is 0 Å². The number of hydrogen-bond donors (Lipinski definition) is 4. The van der Waals surface area contributed by atoms with E-state index in [2.05, 4.69) is 15.6 Å². The fourth-order valence-electron chi connectivity index (χ4n) is 3.89. The summed E-state index contributed by atoms with van der Waals surface area (Å²) in [5, 5.41) is 5.65. The number of benzene rings is 1. The molecule has 2 heterocycles. The Morgan fingerprint density at radius 1 is 1.17 bits per heavy atom. The molecule has 126 valence electrons. The van der Waals surface area contributed by atoms with E-state index in [1.54, 1.807) is 0 Å². The highest BCUT2D eigenvalue weighted by molar-refractivity contribution is 6.07. The zero-order chi connectivity index (χ0) is 16.7. The van der Waals surface area contributed by atoms with Crippen molar-refractivity contribution in [2.24, 2.45) is 21.5 Å². The van der Waals surface area contributed by atoms with Gasteiger partial charge in [0, 0.05) is 17.8 Å². The Bertz CT molecular complexity index is 749. The van der Waals surface area contributed by atoms with Gasteiger partial charge in [0.25, 0.3) is 0 Å². The Labute approximate surface area is 140 Å². The third-order valence-electron chi connectivity index (χ3n) is 4.92. The van der Waals surface area contributed by atoms with Gasteiger partial charge in [0.05, 0.1) is 5.69 Å². The molecule has 1 aromatic rings. The first kappa shape index (κ1) is 14.8. The first-order chi connectivity index (χ1) is 11.6. The molecule has 8 heteroatoms. The van der Waals surface area contributed by atoms with Crippen molar-refractivity contribution in [2.45, 2.75) is 44.3 Å². The van der Waals surface area contributed by atoms with Gasteiger partial charge in [0.15, 0.2) is 0 Å². The third kappa shape index (κ3) is 2.26. The first-order valence-electron chi connectivity index (χ1n) is 8.25. The first-order valence-corrected chi connectivity index (χ1v) is 8.25. The summed E-state index contributed by atoms with van der Waals surface area (Å²) in [6.07, 6.45) is 5.10. The van der Waals surface area contributed by atoms with Crippen molar-refractivity contribution in [3.63, 3.8) is 0 Å². The van der Waals surface area contributed by atoms with Crippen molar-refractivity contribution in [1.29, 1.82) is 0 Å². The third-order valence-corrected chi connectivity index (χ3v) is 4.92. The number of carbonyl (C=O) groups is 1. The molecule has 0 radical (unpaired) electrons. The number of urea groups is 1. The maximum absolute atomic E-state index is 11.6. The summed E-state index contributed by atoms with van der Waals surface area (Å²) in [6.45, 7) is 0.441. The lowest BCUT2D eigenvalue weighted by Gasteiger charge is -2.46. The fourth-order valence-corrected chi connectivity index (χ4v) is 3.89. The minimum absolute atomic E-state index is 0.199. The molecule has 1 saturated carbocycles. The molecular weight excluding hydrogens is 306 g/mol. The Kier molecular flexibility index (Phi) is 3.33. The molecule has 24 heavy (non-hydrogen) atoms. The van der Waals surface area contributed by atoms with Crippen LogP contribution in [0.1, 0.15) is 37.7 Å². The molecule has 8 nitrogen and oxygen atoms in total. The summed E-state index contributed by atoms with van der Waals surface area (Å²) in [5.41, 5.74) is 14.4. The van der Waals surface area contributed by atoms with E-state index >= 15 is 0 Å². The van der Waals surface area contributed by atoms with Crippen LogP contribution >= 0.6 is 0 Å². The van der Waals surface area contributed by atoms with Crippen molar-refractivity contribution in [3.05, 3.63) is 23.8 Å². The molecule has 0 bridgehead atoms. The van der Waals surface area contributed by atoms with Gasteiger partial charge >= 0.3 is 6.03 Å². The number of hydrogen-bond acceptors (Lipinski definition) is 6. The normalized spacial score (nSPS) is 22.2. The zero-order valence-electron chi connectivity index (χ0n) is 13.4. The Morgan fingerprint density at radius 2 is 1.96 bits per heavy atom. The second-order valence-corrected chi connectivity index (χ2v) is 6.43. The second-order valence-electron chi connectivity index (χ2n) is 6.43. The summed E-state index contributed by atoms with van der Waals surface area (Å²) in [4.78, 5) is 22.5. The van der Waals surface area contributed by atoms with Gasteiger partial charge in [0.2, 0.25) is 11.9 Å². The van der Waals surface area contributed by atoms with Gasteiger partial charge in [0.1, 0.15) is 5.66 Å². The standard InChI is InChI=1S/C16H21N7O/c17-13-21-14(18)23(16(22-13)7-2-1-3-8-16)12-6-4-5-11-10(12)9-19-15(24)20-11/h4-6H,1-3,7-9H2,(H2,19,20,24)(H4,17,18,21,22). The number of carbonyl (C=O) groups excluding carboxylic acids is 1. The van der Waals surface area contributed by atoms with Gasteiger partial charge in [-0.3, -0.25) is 4.90 Å². The maximum Gasteiger partial charge on any atom is 0.319 e. The average Bonchev–Trinajstić information content (AvgIpc) is 2.54. The van der Waals surface area contributed by atoms with E-state index in [0.717, 1.165) is 42.6 Å².